The van der Waals surface area contributed by atoms with Gasteiger partial charge in [0.25, 0.3) is 5.91 Å². The van der Waals surface area contributed by atoms with E-state index in [2.05, 4.69) is 24.1 Å². The minimum absolute atomic E-state index is 0.0593. The van der Waals surface area contributed by atoms with Gasteiger partial charge in [0.15, 0.2) is 0 Å². The molecule has 0 aliphatic carbocycles. The number of aromatic nitrogens is 1. The molecule has 0 bridgehead atoms. The summed E-state index contributed by atoms with van der Waals surface area (Å²) in [6.45, 7) is 9.13. The number of hydrogen-bond donors (Lipinski definition) is 2. The maximum absolute atomic E-state index is 12.5. The second-order valence-electron chi connectivity index (χ2n) is 6.25. The molecule has 0 aromatic carbocycles. The molecule has 1 rings (SSSR count). The molecular formula is C15H28N4O. The normalized spacial score (nSPS) is 13.2. The number of anilines is 1. The Morgan fingerprint density at radius 3 is 2.40 bits per heavy atom. The molecule has 0 radical (unpaired) electrons. The van der Waals surface area contributed by atoms with Crippen molar-refractivity contribution >= 4 is 11.6 Å². The molecule has 0 saturated carbocycles. The molecular weight excluding hydrogens is 252 g/mol. The summed E-state index contributed by atoms with van der Waals surface area (Å²) in [6.07, 6.45) is 1.82. The maximum Gasteiger partial charge on any atom is 0.268 e. The highest BCUT2D eigenvalue weighted by atomic mass is 16.2. The van der Waals surface area contributed by atoms with Crippen molar-refractivity contribution in [1.29, 1.82) is 0 Å². The fourth-order valence-corrected chi connectivity index (χ4v) is 2.17. The Morgan fingerprint density at radius 2 is 1.95 bits per heavy atom. The van der Waals surface area contributed by atoms with Crippen LogP contribution in [0.3, 0.4) is 0 Å². The van der Waals surface area contributed by atoms with Gasteiger partial charge in [-0.1, -0.05) is 13.8 Å². The minimum atomic E-state index is -0.0593. The first-order valence-corrected chi connectivity index (χ1v) is 7.15. The molecule has 1 amide bonds. The van der Waals surface area contributed by atoms with Crippen molar-refractivity contribution in [1.82, 2.24) is 14.8 Å². The summed E-state index contributed by atoms with van der Waals surface area (Å²) in [4.78, 5) is 14.6. The Bertz CT molecular complexity index is 449. The largest absolute Gasteiger partial charge is 0.397 e. The lowest BCUT2D eigenvalue weighted by molar-refractivity contribution is 0.0905. The van der Waals surface area contributed by atoms with Crippen molar-refractivity contribution in [2.75, 3.05) is 26.4 Å². The fourth-order valence-electron chi connectivity index (χ4n) is 2.17. The summed E-state index contributed by atoms with van der Waals surface area (Å²) < 4.78 is 1.91. The number of nitrogens with two attached hydrogens (primary N) is 1. The van der Waals surface area contributed by atoms with E-state index in [1.165, 1.54) is 0 Å². The minimum Gasteiger partial charge on any atom is -0.397 e. The maximum atomic E-state index is 12.5. The van der Waals surface area contributed by atoms with Gasteiger partial charge in [-0.15, -0.1) is 0 Å². The Balaban J connectivity index is 2.89. The van der Waals surface area contributed by atoms with Gasteiger partial charge in [-0.2, -0.15) is 0 Å². The zero-order chi connectivity index (χ0) is 15.4. The van der Waals surface area contributed by atoms with Crippen LogP contribution in [0.25, 0.3) is 0 Å². The number of rotatable bonds is 6. The van der Waals surface area contributed by atoms with E-state index in [1.54, 1.807) is 6.07 Å². The third kappa shape index (κ3) is 4.27. The number of nitrogens with one attached hydrogen (secondary N) is 1. The van der Waals surface area contributed by atoms with Crippen LogP contribution in [0.2, 0.25) is 0 Å². The Hall–Kier alpha value is -1.49. The number of carbonyl (C=O) groups excluding carboxylic acids is 1. The first kappa shape index (κ1) is 16.6. The number of nitrogen functional groups attached to an aromatic ring is 1. The molecule has 1 aromatic heterocycles. The van der Waals surface area contributed by atoms with E-state index >= 15 is 0 Å². The van der Waals surface area contributed by atoms with Crippen molar-refractivity contribution in [3.63, 3.8) is 0 Å². The van der Waals surface area contributed by atoms with E-state index in [-0.39, 0.29) is 18.0 Å². The smallest absolute Gasteiger partial charge is 0.268 e. The average molecular weight is 280 g/mol. The molecule has 5 nitrogen and oxygen atoms in total. The van der Waals surface area contributed by atoms with Crippen LogP contribution in [0.1, 0.15) is 44.2 Å². The monoisotopic (exact) mass is 280 g/mol. The van der Waals surface area contributed by atoms with Crippen molar-refractivity contribution in [2.24, 2.45) is 5.92 Å². The molecule has 1 atom stereocenters. The lowest BCUT2D eigenvalue weighted by atomic mass is 10.0. The molecule has 1 unspecified atom stereocenters. The zero-order valence-electron chi connectivity index (χ0n) is 13.5. The summed E-state index contributed by atoms with van der Waals surface area (Å²) in [5, 5.41) is 3.12. The van der Waals surface area contributed by atoms with Crippen LogP contribution in [0.5, 0.6) is 0 Å². The van der Waals surface area contributed by atoms with Gasteiger partial charge in [-0.3, -0.25) is 4.79 Å². The average Bonchev–Trinajstić information content (AvgIpc) is 2.69. The number of amides is 1. The number of nitrogens with zero attached hydrogens (tertiary/aromatic N) is 2. The lowest BCUT2D eigenvalue weighted by Crippen LogP contribution is -2.45. The summed E-state index contributed by atoms with van der Waals surface area (Å²) >= 11 is 0. The van der Waals surface area contributed by atoms with Crippen LogP contribution < -0.4 is 11.1 Å². The molecule has 3 N–H and O–H groups in total. The van der Waals surface area contributed by atoms with Crippen molar-refractivity contribution < 1.29 is 4.79 Å². The Morgan fingerprint density at radius 1 is 1.35 bits per heavy atom. The SMILES string of the molecule is CC(C)C(CN(C)C)NC(=O)c1cc(N)cn1C(C)C. The van der Waals surface area contributed by atoms with E-state index in [4.69, 9.17) is 5.73 Å². The number of likely N-dealkylation sites (N-methyl/N-ethyl adjacent to an activating group) is 1. The van der Waals surface area contributed by atoms with Gasteiger partial charge in [-0.05, 0) is 39.9 Å². The summed E-state index contributed by atoms with van der Waals surface area (Å²) in [7, 11) is 4.02. The molecule has 0 aliphatic rings. The molecule has 0 fully saturated rings. The third-order valence-electron chi connectivity index (χ3n) is 3.34. The van der Waals surface area contributed by atoms with Gasteiger partial charge >= 0.3 is 0 Å². The zero-order valence-corrected chi connectivity index (χ0v) is 13.5. The summed E-state index contributed by atoms with van der Waals surface area (Å²) in [5.74, 6) is 0.317. The fraction of sp³-hybridized carbons (Fsp3) is 0.667. The standard InChI is InChI=1S/C15H28N4O/c1-10(2)13(9-18(5)6)17-15(20)14-7-12(16)8-19(14)11(3)4/h7-8,10-11,13H,9,16H2,1-6H3,(H,17,20). The Kier molecular flexibility index (Phi) is 5.62. The number of hydrogen-bond acceptors (Lipinski definition) is 3. The molecule has 0 saturated heterocycles. The van der Waals surface area contributed by atoms with Gasteiger partial charge in [0.2, 0.25) is 0 Å². The quantitative estimate of drug-likeness (QED) is 0.837. The second-order valence-corrected chi connectivity index (χ2v) is 6.25. The molecule has 114 valence electrons. The highest BCUT2D eigenvalue weighted by molar-refractivity contribution is 5.94. The Labute approximate surface area is 122 Å². The van der Waals surface area contributed by atoms with Crippen molar-refractivity contribution in [3.05, 3.63) is 18.0 Å². The molecule has 0 spiro atoms. The molecule has 1 aromatic rings. The first-order chi connectivity index (χ1) is 9.22. The third-order valence-corrected chi connectivity index (χ3v) is 3.34. The highest BCUT2D eigenvalue weighted by Gasteiger charge is 2.21. The lowest BCUT2D eigenvalue weighted by Gasteiger charge is -2.26. The molecule has 20 heavy (non-hydrogen) atoms. The van der Waals surface area contributed by atoms with E-state index in [0.29, 0.717) is 17.3 Å². The molecule has 5 heteroatoms. The van der Waals surface area contributed by atoms with Crippen LogP contribution in [-0.2, 0) is 0 Å². The van der Waals surface area contributed by atoms with Crippen molar-refractivity contribution in [2.45, 2.75) is 39.8 Å². The second kappa shape index (κ2) is 6.79. The summed E-state index contributed by atoms with van der Waals surface area (Å²) in [6, 6.07) is 2.07. The van der Waals surface area contributed by atoms with Crippen LogP contribution in [0, 0.1) is 5.92 Å². The van der Waals surface area contributed by atoms with Gasteiger partial charge in [0.05, 0.1) is 5.69 Å². The summed E-state index contributed by atoms with van der Waals surface area (Å²) in [5.41, 5.74) is 7.07. The van der Waals surface area contributed by atoms with Crippen LogP contribution in [-0.4, -0.2) is 42.1 Å². The van der Waals surface area contributed by atoms with Crippen LogP contribution in [0.15, 0.2) is 12.3 Å². The molecule has 0 aliphatic heterocycles. The molecule has 1 heterocycles. The van der Waals surface area contributed by atoms with E-state index in [9.17, 15) is 4.79 Å². The van der Waals surface area contributed by atoms with E-state index in [0.717, 1.165) is 6.54 Å². The predicted molar refractivity (Wildman–Crippen MR) is 83.9 cm³/mol. The van der Waals surface area contributed by atoms with E-state index in [1.807, 2.05) is 38.7 Å². The van der Waals surface area contributed by atoms with E-state index < -0.39 is 0 Å². The van der Waals surface area contributed by atoms with Gasteiger partial charge in [0, 0.05) is 24.8 Å². The van der Waals surface area contributed by atoms with Crippen molar-refractivity contribution in [3.8, 4) is 0 Å². The first-order valence-electron chi connectivity index (χ1n) is 7.15. The highest BCUT2D eigenvalue weighted by Crippen LogP contribution is 2.17. The van der Waals surface area contributed by atoms with Gasteiger partial charge in [-0.25, -0.2) is 0 Å². The number of carbonyl (C=O) groups is 1. The van der Waals surface area contributed by atoms with Gasteiger partial charge < -0.3 is 20.5 Å². The van der Waals surface area contributed by atoms with Crippen LogP contribution in [0.4, 0.5) is 5.69 Å². The topological polar surface area (TPSA) is 63.3 Å². The van der Waals surface area contributed by atoms with Gasteiger partial charge in [0.1, 0.15) is 5.69 Å². The predicted octanol–water partition coefficient (Wildman–Crippen LogP) is 1.97. The van der Waals surface area contributed by atoms with Crippen LogP contribution >= 0.6 is 0 Å².